The van der Waals surface area contributed by atoms with Gasteiger partial charge in [0.15, 0.2) is 0 Å². The standard InChI is InChI=1S/C27H29N3O6/c1-17(28-27(35)36-16-19-10-6-3-7-11-19)24(31)29-23-20(14-18-8-4-2-5-9-18)15-21-12-13-22(26(33)34)30(21)25(23)32/h2-11,17,21-22H,12-16H2,1H3,(H,28,35)(H,29,31)(H,33,34)/t17-,21+,22-/m0/s1. The minimum absolute atomic E-state index is 0.0544. The zero-order valence-electron chi connectivity index (χ0n) is 20.0. The summed E-state index contributed by atoms with van der Waals surface area (Å²) in [7, 11) is 0. The lowest BCUT2D eigenvalue weighted by Crippen LogP contribution is -2.53. The molecule has 0 aliphatic carbocycles. The number of carbonyl (C=O) groups excluding carboxylic acids is 3. The number of aliphatic carboxylic acids is 1. The van der Waals surface area contributed by atoms with E-state index in [1.54, 1.807) is 0 Å². The zero-order valence-corrected chi connectivity index (χ0v) is 20.0. The highest BCUT2D eigenvalue weighted by molar-refractivity contribution is 6.02. The van der Waals surface area contributed by atoms with Crippen molar-refractivity contribution < 1.29 is 29.0 Å². The number of rotatable bonds is 8. The fourth-order valence-corrected chi connectivity index (χ4v) is 4.68. The number of hydrogen-bond donors (Lipinski definition) is 3. The van der Waals surface area contributed by atoms with Gasteiger partial charge in [-0.25, -0.2) is 9.59 Å². The van der Waals surface area contributed by atoms with E-state index in [1.165, 1.54) is 11.8 Å². The van der Waals surface area contributed by atoms with Crippen molar-refractivity contribution in [2.45, 2.75) is 57.3 Å². The molecular weight excluding hydrogens is 462 g/mol. The van der Waals surface area contributed by atoms with E-state index in [0.717, 1.165) is 16.7 Å². The van der Waals surface area contributed by atoms with Crippen LogP contribution >= 0.6 is 0 Å². The molecule has 0 saturated carbocycles. The third-order valence-electron chi connectivity index (χ3n) is 6.52. The Morgan fingerprint density at radius 1 is 1.03 bits per heavy atom. The lowest BCUT2D eigenvalue weighted by Gasteiger charge is -2.35. The summed E-state index contributed by atoms with van der Waals surface area (Å²) < 4.78 is 5.17. The van der Waals surface area contributed by atoms with Crippen LogP contribution in [0.5, 0.6) is 0 Å². The van der Waals surface area contributed by atoms with Crippen LogP contribution in [0.2, 0.25) is 0 Å². The Morgan fingerprint density at radius 3 is 2.31 bits per heavy atom. The van der Waals surface area contributed by atoms with Crippen molar-refractivity contribution in [1.82, 2.24) is 15.5 Å². The van der Waals surface area contributed by atoms with E-state index in [1.807, 2.05) is 60.7 Å². The summed E-state index contributed by atoms with van der Waals surface area (Å²) in [5.41, 5.74) is 2.61. The van der Waals surface area contributed by atoms with Crippen LogP contribution in [-0.2, 0) is 32.1 Å². The monoisotopic (exact) mass is 491 g/mol. The molecule has 2 aromatic rings. The Kier molecular flexibility index (Phi) is 7.68. The van der Waals surface area contributed by atoms with Gasteiger partial charge in [0, 0.05) is 6.04 Å². The van der Waals surface area contributed by atoms with Crippen LogP contribution in [0.15, 0.2) is 71.9 Å². The largest absolute Gasteiger partial charge is 0.480 e. The first-order valence-corrected chi connectivity index (χ1v) is 11.9. The summed E-state index contributed by atoms with van der Waals surface area (Å²) in [6.07, 6.45) is 1.12. The number of benzene rings is 2. The summed E-state index contributed by atoms with van der Waals surface area (Å²) in [6, 6.07) is 16.6. The fraction of sp³-hybridized carbons (Fsp3) is 0.333. The molecule has 2 aliphatic heterocycles. The predicted molar refractivity (Wildman–Crippen MR) is 130 cm³/mol. The predicted octanol–water partition coefficient (Wildman–Crippen LogP) is 2.76. The molecule has 4 rings (SSSR count). The Bertz CT molecular complexity index is 1160. The number of fused-ring (bicyclic) bond motifs is 1. The third-order valence-corrected chi connectivity index (χ3v) is 6.52. The maximum Gasteiger partial charge on any atom is 0.408 e. The molecule has 0 unspecified atom stereocenters. The van der Waals surface area contributed by atoms with Crippen LogP contribution in [0.25, 0.3) is 0 Å². The molecule has 1 fully saturated rings. The number of ether oxygens (including phenoxy) is 1. The van der Waals surface area contributed by atoms with E-state index in [0.29, 0.717) is 25.7 Å². The minimum atomic E-state index is -1.06. The van der Waals surface area contributed by atoms with Crippen molar-refractivity contribution >= 4 is 23.9 Å². The molecule has 9 heteroatoms. The summed E-state index contributed by atoms with van der Waals surface area (Å²) >= 11 is 0. The van der Waals surface area contributed by atoms with Gasteiger partial charge in [0.05, 0.1) is 0 Å². The summed E-state index contributed by atoms with van der Waals surface area (Å²) in [6.45, 7) is 1.54. The van der Waals surface area contributed by atoms with Gasteiger partial charge in [-0.15, -0.1) is 0 Å². The number of nitrogens with zero attached hydrogens (tertiary/aromatic N) is 1. The average Bonchev–Trinajstić information content (AvgIpc) is 3.31. The van der Waals surface area contributed by atoms with Gasteiger partial charge in [-0.3, -0.25) is 9.59 Å². The van der Waals surface area contributed by atoms with E-state index in [2.05, 4.69) is 10.6 Å². The number of nitrogens with one attached hydrogen (secondary N) is 2. The molecule has 1 saturated heterocycles. The van der Waals surface area contributed by atoms with Crippen molar-refractivity contribution in [2.24, 2.45) is 0 Å². The highest BCUT2D eigenvalue weighted by Crippen LogP contribution is 2.36. The maximum atomic E-state index is 13.4. The maximum absolute atomic E-state index is 13.4. The average molecular weight is 492 g/mol. The molecular formula is C27H29N3O6. The van der Waals surface area contributed by atoms with E-state index < -0.39 is 36.0 Å². The number of carbonyl (C=O) groups is 4. The van der Waals surface area contributed by atoms with Crippen molar-refractivity contribution in [1.29, 1.82) is 0 Å². The van der Waals surface area contributed by atoms with Crippen molar-refractivity contribution in [3.8, 4) is 0 Å². The van der Waals surface area contributed by atoms with Crippen LogP contribution in [0.4, 0.5) is 4.79 Å². The Hall–Kier alpha value is -4.14. The Morgan fingerprint density at radius 2 is 1.67 bits per heavy atom. The van der Waals surface area contributed by atoms with Gasteiger partial charge < -0.3 is 25.4 Å². The summed E-state index contributed by atoms with van der Waals surface area (Å²) in [4.78, 5) is 51.7. The number of alkyl carbamates (subject to hydrolysis) is 1. The molecule has 0 spiro atoms. The van der Waals surface area contributed by atoms with E-state index in [9.17, 15) is 24.3 Å². The normalized spacial score (nSPS) is 19.9. The lowest BCUT2D eigenvalue weighted by atomic mass is 9.92. The van der Waals surface area contributed by atoms with Crippen LogP contribution in [-0.4, -0.2) is 52.0 Å². The molecule has 188 valence electrons. The number of carboxylic acid groups (broad SMARTS) is 1. The first kappa shape index (κ1) is 25.0. The zero-order chi connectivity index (χ0) is 25.7. The minimum Gasteiger partial charge on any atom is -0.480 e. The van der Waals surface area contributed by atoms with Crippen LogP contribution in [0.3, 0.4) is 0 Å². The van der Waals surface area contributed by atoms with Crippen LogP contribution in [0.1, 0.15) is 37.3 Å². The van der Waals surface area contributed by atoms with Crippen LogP contribution in [0, 0.1) is 0 Å². The highest BCUT2D eigenvalue weighted by Gasteiger charge is 2.46. The quantitative estimate of drug-likeness (QED) is 0.522. The van der Waals surface area contributed by atoms with Gasteiger partial charge in [0.1, 0.15) is 24.4 Å². The molecule has 3 amide bonds. The number of amides is 3. The molecule has 3 N–H and O–H groups in total. The molecule has 36 heavy (non-hydrogen) atoms. The second-order valence-electron chi connectivity index (χ2n) is 9.06. The molecule has 3 atom stereocenters. The van der Waals surface area contributed by atoms with Crippen LogP contribution < -0.4 is 10.6 Å². The van der Waals surface area contributed by atoms with E-state index in [4.69, 9.17) is 4.74 Å². The lowest BCUT2D eigenvalue weighted by molar-refractivity contribution is -0.148. The Balaban J connectivity index is 1.47. The fourth-order valence-electron chi connectivity index (χ4n) is 4.68. The van der Waals surface area contributed by atoms with Gasteiger partial charge in [0.2, 0.25) is 5.91 Å². The molecule has 0 bridgehead atoms. The van der Waals surface area contributed by atoms with Crippen molar-refractivity contribution in [3.05, 3.63) is 83.1 Å². The van der Waals surface area contributed by atoms with Gasteiger partial charge >= 0.3 is 12.1 Å². The molecule has 0 aromatic heterocycles. The van der Waals surface area contributed by atoms with E-state index in [-0.39, 0.29) is 18.3 Å². The number of hydrogen-bond acceptors (Lipinski definition) is 5. The van der Waals surface area contributed by atoms with Gasteiger partial charge in [-0.05, 0) is 49.3 Å². The van der Waals surface area contributed by atoms with Crippen molar-refractivity contribution in [3.63, 3.8) is 0 Å². The molecule has 0 radical (unpaired) electrons. The molecule has 2 aromatic carbocycles. The summed E-state index contributed by atoms with van der Waals surface area (Å²) in [5.74, 6) is -2.15. The SMILES string of the molecule is C[C@H](NC(=O)OCc1ccccc1)C(=O)NC1=C(Cc2ccccc2)C[C@H]2CC[C@@H](C(=O)O)N2C1=O. The third kappa shape index (κ3) is 5.73. The van der Waals surface area contributed by atoms with Crippen molar-refractivity contribution in [2.75, 3.05) is 0 Å². The number of carboxylic acids is 1. The summed E-state index contributed by atoms with van der Waals surface area (Å²) in [5, 5.41) is 14.8. The Labute approximate surface area is 209 Å². The van der Waals surface area contributed by atoms with Gasteiger partial charge in [-0.2, -0.15) is 0 Å². The molecule has 2 aliphatic rings. The van der Waals surface area contributed by atoms with E-state index >= 15 is 0 Å². The molecule has 9 nitrogen and oxygen atoms in total. The smallest absolute Gasteiger partial charge is 0.408 e. The van der Waals surface area contributed by atoms with Gasteiger partial charge in [-0.1, -0.05) is 60.7 Å². The second-order valence-corrected chi connectivity index (χ2v) is 9.06. The first-order chi connectivity index (χ1) is 17.3. The first-order valence-electron chi connectivity index (χ1n) is 11.9. The second kappa shape index (κ2) is 11.1. The highest BCUT2D eigenvalue weighted by atomic mass is 16.5. The van der Waals surface area contributed by atoms with Gasteiger partial charge in [0.25, 0.3) is 5.91 Å². The topological polar surface area (TPSA) is 125 Å². The molecule has 2 heterocycles.